The highest BCUT2D eigenvalue weighted by Crippen LogP contribution is 2.46. The van der Waals surface area contributed by atoms with Gasteiger partial charge >= 0.3 is 0 Å². The summed E-state index contributed by atoms with van der Waals surface area (Å²) in [5.74, 6) is 1.68. The SMILES string of the molecule is c1ccc(-n2c3ccccc3c3ccc(-c4cc(-c5ccc6oc7cccc(-c8nc(-c9ccc%10c(c9)oc9ccccc9%10)nc(-c9cccc%10c9sc9ccccc9%10)n8)c7c6c5)c5c(c4)oc4ccccc45)cc32)cc1. The Hall–Kier alpha value is -10.2. The van der Waals surface area contributed by atoms with Crippen molar-refractivity contribution in [3.05, 3.63) is 231 Å². The number of fused-ring (bicyclic) bond motifs is 15. The van der Waals surface area contributed by atoms with E-state index in [1.807, 2.05) is 42.5 Å². The summed E-state index contributed by atoms with van der Waals surface area (Å²) in [5.41, 5.74) is 15.0. The number of aromatic nitrogens is 4. The number of rotatable bonds is 6. The lowest BCUT2D eigenvalue weighted by Gasteiger charge is -2.11. The first-order valence-corrected chi connectivity index (χ1v) is 26.5. The Balaban J connectivity index is 0.877. The second kappa shape index (κ2) is 16.2. The Bertz CT molecular complexity index is 5310. The molecule has 0 unspecified atom stereocenters. The third-order valence-corrected chi connectivity index (χ3v) is 16.7. The van der Waals surface area contributed by atoms with Crippen molar-refractivity contribution in [3.63, 3.8) is 0 Å². The molecule has 358 valence electrons. The third kappa shape index (κ3) is 6.40. The van der Waals surface area contributed by atoms with Gasteiger partial charge in [0, 0.05) is 85.6 Å². The fourth-order valence-electron chi connectivity index (χ4n) is 12.0. The lowest BCUT2D eigenvalue weighted by Crippen LogP contribution is -2.00. The van der Waals surface area contributed by atoms with E-state index in [9.17, 15) is 0 Å². The van der Waals surface area contributed by atoms with Gasteiger partial charge in [-0.3, -0.25) is 0 Å². The van der Waals surface area contributed by atoms with Gasteiger partial charge in [-0.1, -0.05) is 140 Å². The molecule has 0 saturated heterocycles. The molecule has 0 bridgehead atoms. The van der Waals surface area contributed by atoms with E-state index >= 15 is 0 Å². The molecule has 77 heavy (non-hydrogen) atoms. The molecule has 0 saturated carbocycles. The van der Waals surface area contributed by atoms with E-state index in [1.54, 1.807) is 11.3 Å². The van der Waals surface area contributed by atoms with E-state index in [4.69, 9.17) is 28.2 Å². The maximum absolute atomic E-state index is 6.75. The van der Waals surface area contributed by atoms with E-state index in [-0.39, 0.29) is 0 Å². The van der Waals surface area contributed by atoms with Crippen molar-refractivity contribution < 1.29 is 13.3 Å². The molecule has 6 heterocycles. The highest BCUT2D eigenvalue weighted by molar-refractivity contribution is 7.26. The van der Waals surface area contributed by atoms with E-state index in [1.165, 1.54) is 31.8 Å². The highest BCUT2D eigenvalue weighted by atomic mass is 32.1. The summed E-state index contributed by atoms with van der Waals surface area (Å²) in [6.45, 7) is 0. The maximum atomic E-state index is 6.75. The van der Waals surface area contributed by atoms with Gasteiger partial charge in [-0.25, -0.2) is 15.0 Å². The van der Waals surface area contributed by atoms with Crippen LogP contribution in [0.1, 0.15) is 0 Å². The third-order valence-electron chi connectivity index (χ3n) is 15.5. The lowest BCUT2D eigenvalue weighted by molar-refractivity contribution is 0.668. The molecule has 0 spiro atoms. The van der Waals surface area contributed by atoms with Gasteiger partial charge in [0.05, 0.1) is 11.0 Å². The second-order valence-corrected chi connectivity index (χ2v) is 20.9. The molecule has 0 amide bonds. The van der Waals surface area contributed by atoms with Gasteiger partial charge in [0.2, 0.25) is 0 Å². The monoisotopic (exact) mass is 1000 g/mol. The molecule has 0 N–H and O–H groups in total. The molecule has 17 rings (SSSR count). The molecular weight excluding hydrogens is 965 g/mol. The number of nitrogens with zero attached hydrogens (tertiary/aromatic N) is 4. The Labute approximate surface area is 442 Å². The zero-order valence-corrected chi connectivity index (χ0v) is 41.7. The molecule has 0 aliphatic heterocycles. The average molecular weight is 1000 g/mol. The van der Waals surface area contributed by atoms with Crippen molar-refractivity contribution in [1.29, 1.82) is 0 Å². The summed E-state index contributed by atoms with van der Waals surface area (Å²) in [6, 6.07) is 80.9. The molecule has 11 aromatic carbocycles. The van der Waals surface area contributed by atoms with Crippen LogP contribution >= 0.6 is 11.3 Å². The van der Waals surface area contributed by atoms with E-state index in [0.717, 1.165) is 121 Å². The molecule has 8 heteroatoms. The number of hydrogen-bond donors (Lipinski definition) is 0. The van der Waals surface area contributed by atoms with Crippen molar-refractivity contribution in [2.45, 2.75) is 0 Å². The minimum absolute atomic E-state index is 0.542. The second-order valence-electron chi connectivity index (χ2n) is 19.8. The van der Waals surface area contributed by atoms with Gasteiger partial charge in [0.25, 0.3) is 0 Å². The molecular formula is C69H38N4O3S. The first-order chi connectivity index (χ1) is 38.1. The van der Waals surface area contributed by atoms with Crippen molar-refractivity contribution >= 4 is 119 Å². The first kappa shape index (κ1) is 42.2. The van der Waals surface area contributed by atoms with Crippen LogP contribution in [0, 0.1) is 0 Å². The van der Waals surface area contributed by atoms with Crippen LogP contribution in [-0.4, -0.2) is 19.5 Å². The first-order valence-electron chi connectivity index (χ1n) is 25.7. The predicted octanol–water partition coefficient (Wildman–Crippen LogP) is 19.4. The lowest BCUT2D eigenvalue weighted by atomic mass is 9.93. The largest absolute Gasteiger partial charge is 0.456 e. The van der Waals surface area contributed by atoms with Crippen LogP contribution in [0.25, 0.3) is 170 Å². The van der Waals surface area contributed by atoms with Crippen molar-refractivity contribution in [3.8, 4) is 62.1 Å². The summed E-state index contributed by atoms with van der Waals surface area (Å²) in [5, 5.41) is 10.9. The minimum Gasteiger partial charge on any atom is -0.456 e. The van der Waals surface area contributed by atoms with Crippen molar-refractivity contribution in [2.75, 3.05) is 0 Å². The summed E-state index contributed by atoms with van der Waals surface area (Å²) in [6.07, 6.45) is 0. The number of para-hydroxylation sites is 4. The number of benzene rings is 11. The minimum atomic E-state index is 0.542. The van der Waals surface area contributed by atoms with Crippen LogP contribution in [0.15, 0.2) is 244 Å². The fourth-order valence-corrected chi connectivity index (χ4v) is 13.2. The smallest absolute Gasteiger partial charge is 0.165 e. The van der Waals surface area contributed by atoms with Gasteiger partial charge in [0.15, 0.2) is 17.5 Å². The fraction of sp³-hybridized carbons (Fsp3) is 0. The Morgan fingerprint density at radius 3 is 1.78 bits per heavy atom. The topological polar surface area (TPSA) is 83.0 Å². The van der Waals surface area contributed by atoms with Crippen LogP contribution in [0.2, 0.25) is 0 Å². The Morgan fingerprint density at radius 1 is 0.299 bits per heavy atom. The van der Waals surface area contributed by atoms with Crippen LogP contribution < -0.4 is 0 Å². The zero-order valence-electron chi connectivity index (χ0n) is 40.9. The quantitative estimate of drug-likeness (QED) is 0.165. The Kier molecular flexibility index (Phi) is 8.87. The summed E-state index contributed by atoms with van der Waals surface area (Å²) in [4.78, 5) is 16.1. The van der Waals surface area contributed by atoms with Crippen LogP contribution in [-0.2, 0) is 0 Å². The predicted molar refractivity (Wildman–Crippen MR) is 316 cm³/mol. The molecule has 0 atom stereocenters. The normalized spacial score (nSPS) is 12.2. The molecule has 0 aliphatic rings. The standard InChI is InChI=1S/C69H38N4O3S/c1-2-14-43(15-3-1)73-55-23-8-4-16-44(55)45-31-28-39(36-56(45)73)42-35-53(64-50-19-6-10-25-58(50)76-62(64)38-42)40-30-33-59-54(34-40)65-51(21-13-26-60(65)74-59)68-70-67(41-29-32-47-46-17-5-9-24-57(46)75-61(47)37-41)71-69(72-68)52-22-12-20-49-48-18-7-11-27-63(48)77-66(49)52/h1-38H. The molecule has 0 fully saturated rings. The summed E-state index contributed by atoms with van der Waals surface area (Å²) >= 11 is 1.76. The van der Waals surface area contributed by atoms with Crippen LogP contribution in [0.3, 0.4) is 0 Å². The number of hydrogen-bond acceptors (Lipinski definition) is 7. The summed E-state index contributed by atoms with van der Waals surface area (Å²) in [7, 11) is 0. The van der Waals surface area contributed by atoms with Crippen LogP contribution in [0.5, 0.6) is 0 Å². The number of furan rings is 3. The van der Waals surface area contributed by atoms with Crippen LogP contribution in [0.4, 0.5) is 0 Å². The highest BCUT2D eigenvalue weighted by Gasteiger charge is 2.23. The van der Waals surface area contributed by atoms with Crippen molar-refractivity contribution in [2.24, 2.45) is 0 Å². The van der Waals surface area contributed by atoms with E-state index < -0.39 is 0 Å². The van der Waals surface area contributed by atoms with Gasteiger partial charge in [-0.15, -0.1) is 11.3 Å². The van der Waals surface area contributed by atoms with E-state index in [0.29, 0.717) is 17.5 Å². The van der Waals surface area contributed by atoms with Gasteiger partial charge in [-0.2, -0.15) is 0 Å². The molecule has 0 radical (unpaired) electrons. The molecule has 7 nitrogen and oxygen atoms in total. The molecule has 17 aromatic rings. The van der Waals surface area contributed by atoms with Crippen molar-refractivity contribution in [1.82, 2.24) is 19.5 Å². The van der Waals surface area contributed by atoms with Gasteiger partial charge in [-0.05, 0) is 113 Å². The Morgan fingerprint density at radius 2 is 0.883 bits per heavy atom. The van der Waals surface area contributed by atoms with E-state index in [2.05, 4.69) is 193 Å². The average Bonchev–Trinajstić information content (AvgIpc) is 4.38. The summed E-state index contributed by atoms with van der Waals surface area (Å²) < 4.78 is 24.6. The molecule has 6 aromatic heterocycles. The maximum Gasteiger partial charge on any atom is 0.165 e. The molecule has 0 aliphatic carbocycles. The van der Waals surface area contributed by atoms with Gasteiger partial charge < -0.3 is 17.8 Å². The number of thiophene rings is 1. The zero-order chi connectivity index (χ0) is 50.3. The van der Waals surface area contributed by atoms with Gasteiger partial charge in [0.1, 0.15) is 33.5 Å².